The molecule has 0 radical (unpaired) electrons. The molecule has 3 aromatic carbocycles. The van der Waals surface area contributed by atoms with Gasteiger partial charge in [-0.25, -0.2) is 0 Å². The van der Waals surface area contributed by atoms with Crippen LogP contribution in [-0.2, 0) is 15.0 Å². The number of carbonyl (C=O) groups excluding carboxylic acids is 3. The lowest BCUT2D eigenvalue weighted by molar-refractivity contribution is -0.136. The summed E-state index contributed by atoms with van der Waals surface area (Å²) in [7, 11) is 1.57. The van der Waals surface area contributed by atoms with Gasteiger partial charge >= 0.3 is 0 Å². The van der Waals surface area contributed by atoms with E-state index in [1.165, 1.54) is 5.56 Å². The second-order valence-electron chi connectivity index (χ2n) is 11.8. The number of nitrogens with zero attached hydrogens (tertiary/aromatic N) is 3. The quantitative estimate of drug-likeness (QED) is 0.468. The Kier molecular flexibility index (Phi) is 7.76. The number of hydrogen-bond donors (Lipinski definition) is 1. The first-order chi connectivity index (χ1) is 19.6. The van der Waals surface area contributed by atoms with Crippen LogP contribution in [0.2, 0.25) is 0 Å². The second-order valence-corrected chi connectivity index (χ2v) is 11.8. The molecule has 2 heterocycles. The van der Waals surface area contributed by atoms with E-state index in [-0.39, 0.29) is 29.7 Å². The zero-order valence-corrected chi connectivity index (χ0v) is 24.2. The number of methoxy groups -OCH3 is 1. The molecule has 3 amide bonds. The van der Waals surface area contributed by atoms with E-state index in [0.29, 0.717) is 49.6 Å². The summed E-state index contributed by atoms with van der Waals surface area (Å²) in [5.41, 5.74) is 2.57. The van der Waals surface area contributed by atoms with Crippen LogP contribution in [-0.4, -0.2) is 66.5 Å². The fraction of sp³-hybridized carbons (Fsp3) is 0.364. The van der Waals surface area contributed by atoms with Crippen molar-refractivity contribution in [3.63, 3.8) is 0 Å². The lowest BCUT2D eigenvalue weighted by atomic mass is 9.84. The minimum atomic E-state index is -0.815. The van der Waals surface area contributed by atoms with E-state index in [4.69, 9.17) is 4.74 Å². The summed E-state index contributed by atoms with van der Waals surface area (Å²) >= 11 is 0. The molecule has 0 aromatic heterocycles. The molecule has 2 fully saturated rings. The first kappa shape index (κ1) is 28.2. The van der Waals surface area contributed by atoms with Crippen molar-refractivity contribution in [1.82, 2.24) is 9.80 Å². The smallest absolute Gasteiger partial charge is 0.253 e. The minimum absolute atomic E-state index is 0.0134. The van der Waals surface area contributed by atoms with Crippen LogP contribution in [0.4, 0.5) is 11.4 Å². The van der Waals surface area contributed by atoms with Crippen LogP contribution < -0.4 is 15.0 Å². The van der Waals surface area contributed by atoms with Gasteiger partial charge in [0.15, 0.2) is 0 Å². The number of ether oxygens (including phenoxy) is 1. The van der Waals surface area contributed by atoms with Gasteiger partial charge in [-0.1, -0.05) is 57.2 Å². The Labute approximate surface area is 241 Å². The molecule has 2 saturated heterocycles. The number of benzene rings is 3. The van der Waals surface area contributed by atoms with Gasteiger partial charge in [0.05, 0.1) is 13.8 Å². The van der Waals surface area contributed by atoms with Crippen LogP contribution in [0, 0.1) is 0 Å². The summed E-state index contributed by atoms with van der Waals surface area (Å²) in [6, 6.07) is 24.8. The number of hydrogen-bond acceptors (Lipinski definition) is 5. The van der Waals surface area contributed by atoms with Gasteiger partial charge < -0.3 is 24.8 Å². The van der Waals surface area contributed by atoms with E-state index >= 15 is 0 Å². The van der Waals surface area contributed by atoms with Crippen molar-refractivity contribution in [2.24, 2.45) is 0 Å². The molecule has 8 heteroatoms. The average Bonchev–Trinajstić information content (AvgIpc) is 3.23. The Morgan fingerprint density at radius 3 is 2.24 bits per heavy atom. The van der Waals surface area contributed by atoms with Crippen LogP contribution >= 0.6 is 0 Å². The highest BCUT2D eigenvalue weighted by Gasteiger charge is 2.54. The third-order valence-electron chi connectivity index (χ3n) is 8.15. The van der Waals surface area contributed by atoms with Gasteiger partial charge in [0.2, 0.25) is 5.91 Å². The highest BCUT2D eigenvalue weighted by atomic mass is 16.5. The van der Waals surface area contributed by atoms with E-state index in [9.17, 15) is 14.4 Å². The molecule has 5 rings (SSSR count). The van der Waals surface area contributed by atoms with Gasteiger partial charge in [0.1, 0.15) is 17.8 Å². The SMILES string of the molecule is COc1cccc(NC(=O)CN2CN(c3ccccc3)C3(CCN(C(=O)c4ccc(C(C)(C)C)cc4)CC3)C2=O)c1. The van der Waals surface area contributed by atoms with Crippen molar-refractivity contribution in [3.8, 4) is 5.75 Å². The van der Waals surface area contributed by atoms with E-state index in [1.807, 2.05) is 59.5 Å². The zero-order chi connectivity index (χ0) is 29.2. The molecule has 214 valence electrons. The van der Waals surface area contributed by atoms with E-state index in [1.54, 1.807) is 36.3 Å². The Hall–Kier alpha value is -4.33. The number of carbonyl (C=O) groups is 3. The van der Waals surface area contributed by atoms with Crippen molar-refractivity contribution in [2.75, 3.05) is 43.6 Å². The molecule has 3 aromatic rings. The fourth-order valence-electron chi connectivity index (χ4n) is 5.77. The van der Waals surface area contributed by atoms with Crippen molar-refractivity contribution in [3.05, 3.63) is 90.0 Å². The topological polar surface area (TPSA) is 82.2 Å². The monoisotopic (exact) mass is 554 g/mol. The fourth-order valence-corrected chi connectivity index (χ4v) is 5.77. The number of nitrogens with one attached hydrogen (secondary N) is 1. The van der Waals surface area contributed by atoms with Gasteiger partial charge in [-0.2, -0.15) is 0 Å². The summed E-state index contributed by atoms with van der Waals surface area (Å²) in [6.45, 7) is 7.60. The summed E-state index contributed by atoms with van der Waals surface area (Å²) in [4.78, 5) is 46.0. The van der Waals surface area contributed by atoms with Gasteiger partial charge in [0.25, 0.3) is 11.8 Å². The number of likely N-dealkylation sites (tertiary alicyclic amines) is 1. The maximum absolute atomic E-state index is 14.0. The van der Waals surface area contributed by atoms with Gasteiger partial charge in [0, 0.05) is 36.1 Å². The summed E-state index contributed by atoms with van der Waals surface area (Å²) < 4.78 is 5.25. The van der Waals surface area contributed by atoms with Crippen molar-refractivity contribution in [2.45, 2.75) is 44.6 Å². The van der Waals surface area contributed by atoms with E-state index in [2.05, 4.69) is 31.0 Å². The lowest BCUT2D eigenvalue weighted by Crippen LogP contribution is -2.57. The molecule has 41 heavy (non-hydrogen) atoms. The van der Waals surface area contributed by atoms with Gasteiger partial charge in [-0.15, -0.1) is 0 Å². The van der Waals surface area contributed by atoms with Crippen molar-refractivity contribution in [1.29, 1.82) is 0 Å². The number of rotatable bonds is 6. The molecule has 1 spiro atoms. The molecule has 2 aliphatic rings. The predicted octanol–water partition coefficient (Wildman–Crippen LogP) is 4.91. The van der Waals surface area contributed by atoms with Crippen LogP contribution in [0.5, 0.6) is 5.75 Å². The standard InChI is InChI=1S/C33H38N4O4/c1-32(2,3)25-15-13-24(14-16-25)30(39)35-19-17-33(18-20-35)31(40)36(23-37(33)27-10-6-5-7-11-27)22-29(38)34-26-9-8-12-28(21-26)41-4/h5-16,21H,17-20,22-23H2,1-4H3,(H,34,38). The first-order valence-electron chi connectivity index (χ1n) is 14.1. The van der Waals surface area contributed by atoms with Crippen molar-refractivity contribution < 1.29 is 19.1 Å². The molecule has 1 N–H and O–H groups in total. The largest absolute Gasteiger partial charge is 0.497 e. The first-order valence-corrected chi connectivity index (χ1v) is 14.1. The number of para-hydroxylation sites is 1. The molecule has 2 aliphatic heterocycles. The molecule has 0 aliphatic carbocycles. The average molecular weight is 555 g/mol. The zero-order valence-electron chi connectivity index (χ0n) is 24.2. The maximum Gasteiger partial charge on any atom is 0.253 e. The predicted molar refractivity (Wildman–Crippen MR) is 160 cm³/mol. The summed E-state index contributed by atoms with van der Waals surface area (Å²) in [6.07, 6.45) is 0.973. The second kappa shape index (κ2) is 11.3. The van der Waals surface area contributed by atoms with E-state index in [0.717, 1.165) is 5.69 Å². The summed E-state index contributed by atoms with van der Waals surface area (Å²) in [5.74, 6) is 0.263. The lowest BCUT2D eigenvalue weighted by Gasteiger charge is -2.43. The van der Waals surface area contributed by atoms with Gasteiger partial charge in [-0.05, 0) is 60.2 Å². The van der Waals surface area contributed by atoms with E-state index < -0.39 is 5.54 Å². The normalized spacial score (nSPS) is 16.7. The third kappa shape index (κ3) is 5.78. The molecular weight excluding hydrogens is 516 g/mol. The minimum Gasteiger partial charge on any atom is -0.497 e. The molecule has 0 bridgehead atoms. The molecule has 0 atom stereocenters. The molecule has 0 saturated carbocycles. The molecule has 8 nitrogen and oxygen atoms in total. The van der Waals surface area contributed by atoms with Crippen LogP contribution in [0.3, 0.4) is 0 Å². The van der Waals surface area contributed by atoms with Gasteiger partial charge in [-0.3, -0.25) is 14.4 Å². The number of amides is 3. The Morgan fingerprint density at radius 2 is 1.61 bits per heavy atom. The molecular formula is C33H38N4O4. The molecule has 0 unspecified atom stereocenters. The Bertz CT molecular complexity index is 1410. The maximum atomic E-state index is 14.0. The summed E-state index contributed by atoms with van der Waals surface area (Å²) in [5, 5.41) is 2.88. The van der Waals surface area contributed by atoms with Crippen LogP contribution in [0.1, 0.15) is 49.5 Å². The van der Waals surface area contributed by atoms with Crippen LogP contribution in [0.15, 0.2) is 78.9 Å². The van der Waals surface area contributed by atoms with Crippen LogP contribution in [0.25, 0.3) is 0 Å². The van der Waals surface area contributed by atoms with Crippen molar-refractivity contribution >= 4 is 29.1 Å². The Balaban J connectivity index is 1.31. The highest BCUT2D eigenvalue weighted by molar-refractivity contribution is 6.00. The number of piperidine rings is 1. The third-order valence-corrected chi connectivity index (χ3v) is 8.15. The Morgan fingerprint density at radius 1 is 0.927 bits per heavy atom. The highest BCUT2D eigenvalue weighted by Crippen LogP contribution is 2.39. The number of anilines is 2.